The minimum absolute atomic E-state index is 0.270. The molecule has 0 rings (SSSR count). The number of allylic oxidation sites excluding steroid dienone is 1. The van der Waals surface area contributed by atoms with Gasteiger partial charge in [0.25, 0.3) is 5.91 Å². The number of amides is 1. The Bertz CT molecular complexity index is 291. The van der Waals surface area contributed by atoms with Crippen molar-refractivity contribution in [3.05, 3.63) is 11.8 Å². The van der Waals surface area contributed by atoms with Crippen molar-refractivity contribution in [2.24, 2.45) is 10.9 Å². The van der Waals surface area contributed by atoms with Crippen molar-refractivity contribution in [2.75, 3.05) is 6.54 Å². The summed E-state index contributed by atoms with van der Waals surface area (Å²) in [4.78, 5) is 26.5. The molecule has 0 aromatic rings. The topological polar surface area (TPSA) is 58.5 Å². The second-order valence-corrected chi connectivity index (χ2v) is 3.37. The van der Waals surface area contributed by atoms with Gasteiger partial charge in [0.1, 0.15) is 0 Å². The van der Waals surface area contributed by atoms with Crippen LogP contribution in [0, 0.1) is 5.92 Å². The van der Waals surface area contributed by atoms with E-state index in [2.05, 4.69) is 10.3 Å². The zero-order valence-electron chi connectivity index (χ0n) is 9.70. The summed E-state index contributed by atoms with van der Waals surface area (Å²) in [6.07, 6.45) is 3.44. The number of nitrogens with one attached hydrogen (secondary N) is 1. The molecule has 4 heteroatoms. The zero-order valence-corrected chi connectivity index (χ0v) is 9.70. The Morgan fingerprint density at radius 3 is 2.33 bits per heavy atom. The van der Waals surface area contributed by atoms with Gasteiger partial charge in [0.2, 0.25) is 5.78 Å². The molecule has 0 aliphatic rings. The van der Waals surface area contributed by atoms with Gasteiger partial charge in [0.15, 0.2) is 0 Å². The van der Waals surface area contributed by atoms with Crippen LogP contribution in [0.15, 0.2) is 16.8 Å². The van der Waals surface area contributed by atoms with E-state index in [1.807, 2.05) is 6.92 Å². The number of nitrogens with zero attached hydrogens (tertiary/aromatic N) is 1. The van der Waals surface area contributed by atoms with Crippen molar-refractivity contribution in [3.63, 3.8) is 0 Å². The molecule has 0 heterocycles. The molecule has 4 nitrogen and oxygen atoms in total. The van der Waals surface area contributed by atoms with Crippen molar-refractivity contribution >= 4 is 17.9 Å². The van der Waals surface area contributed by atoms with E-state index in [0.717, 1.165) is 5.70 Å². The number of Topliss-reactive ketones (excluding diaryl/α,β-unsaturated/α-hetero) is 1. The predicted octanol–water partition coefficient (Wildman–Crippen LogP) is 1.32. The molecule has 0 unspecified atom stereocenters. The molecule has 0 saturated carbocycles. The van der Waals surface area contributed by atoms with Gasteiger partial charge in [-0.25, -0.2) is 0 Å². The maximum atomic E-state index is 11.3. The highest BCUT2D eigenvalue weighted by atomic mass is 16.2. The van der Waals surface area contributed by atoms with Gasteiger partial charge in [-0.2, -0.15) is 0 Å². The highest BCUT2D eigenvalue weighted by Crippen LogP contribution is 1.96. The van der Waals surface area contributed by atoms with Crippen LogP contribution < -0.4 is 5.32 Å². The number of ketones is 1. The van der Waals surface area contributed by atoms with Crippen LogP contribution in [0.25, 0.3) is 0 Å². The molecule has 0 saturated heterocycles. The second kappa shape index (κ2) is 6.92. The molecular formula is C11H18N2O2. The van der Waals surface area contributed by atoms with Crippen LogP contribution in [0.1, 0.15) is 27.7 Å². The molecule has 0 bridgehead atoms. The summed E-state index contributed by atoms with van der Waals surface area (Å²) in [5.74, 6) is -1.21. The van der Waals surface area contributed by atoms with Gasteiger partial charge >= 0.3 is 0 Å². The van der Waals surface area contributed by atoms with Crippen LogP contribution >= 0.6 is 0 Å². The molecule has 0 aromatic carbocycles. The highest BCUT2D eigenvalue weighted by Gasteiger charge is 2.16. The Hall–Kier alpha value is -1.45. The van der Waals surface area contributed by atoms with Crippen LogP contribution in [0.2, 0.25) is 0 Å². The first-order chi connectivity index (χ1) is 7.02. The van der Waals surface area contributed by atoms with Gasteiger partial charge in [0.05, 0.1) is 12.2 Å². The van der Waals surface area contributed by atoms with Crippen molar-refractivity contribution in [3.8, 4) is 0 Å². The summed E-state index contributed by atoms with van der Waals surface area (Å²) in [6, 6.07) is 0. The van der Waals surface area contributed by atoms with Crippen molar-refractivity contribution < 1.29 is 9.59 Å². The largest absolute Gasteiger partial charge is 0.344 e. The molecule has 0 spiro atoms. The molecular weight excluding hydrogens is 192 g/mol. The Labute approximate surface area is 90.5 Å². The minimum Gasteiger partial charge on any atom is -0.344 e. The lowest BCUT2D eigenvalue weighted by Crippen LogP contribution is -2.34. The lowest BCUT2D eigenvalue weighted by molar-refractivity contribution is -0.139. The van der Waals surface area contributed by atoms with Crippen LogP contribution in [0.4, 0.5) is 0 Å². The molecule has 0 aliphatic heterocycles. The Kier molecular flexibility index (Phi) is 6.25. The summed E-state index contributed by atoms with van der Waals surface area (Å²) in [5.41, 5.74) is 0.738. The third-order valence-electron chi connectivity index (χ3n) is 1.81. The third-order valence-corrected chi connectivity index (χ3v) is 1.81. The monoisotopic (exact) mass is 210 g/mol. The van der Waals surface area contributed by atoms with E-state index < -0.39 is 11.7 Å². The molecule has 84 valence electrons. The quantitative estimate of drug-likeness (QED) is 0.549. The van der Waals surface area contributed by atoms with E-state index in [-0.39, 0.29) is 12.5 Å². The van der Waals surface area contributed by atoms with Gasteiger partial charge in [-0.15, -0.1) is 0 Å². The second-order valence-electron chi connectivity index (χ2n) is 3.37. The molecule has 0 aromatic heterocycles. The third kappa shape index (κ3) is 5.10. The smallest absolute Gasteiger partial charge is 0.287 e. The van der Waals surface area contributed by atoms with E-state index in [9.17, 15) is 9.59 Å². The number of rotatable bonds is 5. The average molecular weight is 210 g/mol. The first-order valence-corrected chi connectivity index (χ1v) is 4.98. The lowest BCUT2D eigenvalue weighted by Gasteiger charge is -2.06. The molecule has 1 amide bonds. The number of carbonyl (C=O) groups excluding carboxylic acids is 2. The van der Waals surface area contributed by atoms with E-state index >= 15 is 0 Å². The lowest BCUT2D eigenvalue weighted by atomic mass is 10.1. The summed E-state index contributed by atoms with van der Waals surface area (Å²) < 4.78 is 0. The summed E-state index contributed by atoms with van der Waals surface area (Å²) in [6.45, 7) is 7.31. The van der Waals surface area contributed by atoms with Crippen LogP contribution in [0.3, 0.4) is 0 Å². The zero-order chi connectivity index (χ0) is 11.8. The average Bonchev–Trinajstić information content (AvgIpc) is 2.22. The number of aliphatic imine (C=N–C) groups is 1. The molecule has 15 heavy (non-hydrogen) atoms. The predicted molar refractivity (Wildman–Crippen MR) is 60.8 cm³/mol. The van der Waals surface area contributed by atoms with Crippen LogP contribution in [-0.2, 0) is 9.59 Å². The first-order valence-electron chi connectivity index (χ1n) is 4.98. The van der Waals surface area contributed by atoms with Crippen molar-refractivity contribution in [1.82, 2.24) is 5.32 Å². The van der Waals surface area contributed by atoms with Crippen molar-refractivity contribution in [1.29, 1.82) is 0 Å². The Morgan fingerprint density at radius 2 is 1.93 bits per heavy atom. The van der Waals surface area contributed by atoms with Crippen LogP contribution in [-0.4, -0.2) is 24.4 Å². The Balaban J connectivity index is 4.17. The maximum Gasteiger partial charge on any atom is 0.287 e. The molecule has 1 N–H and O–H groups in total. The van der Waals surface area contributed by atoms with E-state index in [0.29, 0.717) is 0 Å². The van der Waals surface area contributed by atoms with E-state index in [1.54, 1.807) is 33.1 Å². The Morgan fingerprint density at radius 1 is 1.33 bits per heavy atom. The number of hydrogen-bond donors (Lipinski definition) is 1. The highest BCUT2D eigenvalue weighted by molar-refractivity contribution is 6.36. The summed E-state index contributed by atoms with van der Waals surface area (Å²) in [7, 11) is 0. The minimum atomic E-state index is -0.546. The molecule has 0 fully saturated rings. The SMILES string of the molecule is C/C=N\C(=C/C)CNC(=O)C(=O)C(C)C. The van der Waals surface area contributed by atoms with Crippen LogP contribution in [0.5, 0.6) is 0 Å². The summed E-state index contributed by atoms with van der Waals surface area (Å²) >= 11 is 0. The van der Waals surface area contributed by atoms with Gasteiger partial charge in [0, 0.05) is 12.1 Å². The van der Waals surface area contributed by atoms with Gasteiger partial charge in [-0.1, -0.05) is 19.9 Å². The fourth-order valence-electron chi connectivity index (χ4n) is 0.908. The fraction of sp³-hybridized carbons (Fsp3) is 0.545. The van der Waals surface area contributed by atoms with Crippen molar-refractivity contribution in [2.45, 2.75) is 27.7 Å². The molecule has 0 atom stereocenters. The number of hydrogen-bond acceptors (Lipinski definition) is 3. The van der Waals surface area contributed by atoms with Gasteiger partial charge < -0.3 is 5.32 Å². The fourth-order valence-corrected chi connectivity index (χ4v) is 0.908. The normalized spacial score (nSPS) is 12.2. The van der Waals surface area contributed by atoms with Gasteiger partial charge in [-0.05, 0) is 13.8 Å². The number of carbonyl (C=O) groups is 2. The van der Waals surface area contributed by atoms with Gasteiger partial charge in [-0.3, -0.25) is 14.6 Å². The standard InChI is InChI=1S/C11H18N2O2/c1-5-9(12-6-2)7-13-11(15)10(14)8(3)4/h5-6,8H,7H2,1-4H3,(H,13,15)/b9-5-,12-6-. The molecule has 0 aliphatic carbocycles. The van der Waals surface area contributed by atoms with E-state index in [1.165, 1.54) is 0 Å². The molecule has 0 radical (unpaired) electrons. The maximum absolute atomic E-state index is 11.3. The summed E-state index contributed by atoms with van der Waals surface area (Å²) in [5, 5.41) is 2.53. The van der Waals surface area contributed by atoms with E-state index in [4.69, 9.17) is 0 Å². The first kappa shape index (κ1) is 13.5.